The molecule has 1 heterocycles. The molecule has 0 amide bonds. The minimum absolute atomic E-state index is 0.0905. The van der Waals surface area contributed by atoms with Gasteiger partial charge in [-0.15, -0.1) is 0 Å². The molecule has 2 rings (SSSR count). The Morgan fingerprint density at radius 3 is 2.84 bits per heavy atom. The lowest BCUT2D eigenvalue weighted by Gasteiger charge is -2.16. The Balaban J connectivity index is 2.56. The van der Waals surface area contributed by atoms with Gasteiger partial charge in [-0.05, 0) is 6.07 Å². The van der Waals surface area contributed by atoms with E-state index in [1.165, 1.54) is 29.4 Å². The Kier molecular flexibility index (Phi) is 3.23. The summed E-state index contributed by atoms with van der Waals surface area (Å²) in [5.41, 5.74) is 0.431. The Bertz CT molecular complexity index is 658. The number of carboxylic acid groups (broad SMARTS) is 1. The molecule has 0 aliphatic rings. The number of fused-ring (bicyclic) bond motifs is 1. The number of rotatable bonds is 4. The molecule has 1 aromatic heterocycles. The maximum Gasteiger partial charge on any atom is 0.323 e. The van der Waals surface area contributed by atoms with Gasteiger partial charge in [0.25, 0.3) is 5.69 Å². The van der Waals surface area contributed by atoms with Gasteiger partial charge in [0.15, 0.2) is 0 Å². The van der Waals surface area contributed by atoms with Gasteiger partial charge in [0.05, 0.1) is 10.4 Å². The van der Waals surface area contributed by atoms with Crippen molar-refractivity contribution in [2.45, 2.75) is 0 Å². The molecule has 8 nitrogen and oxygen atoms in total. The monoisotopic (exact) mass is 262 g/mol. The van der Waals surface area contributed by atoms with Crippen LogP contribution in [0.3, 0.4) is 0 Å². The van der Waals surface area contributed by atoms with Gasteiger partial charge >= 0.3 is 5.97 Å². The molecular weight excluding hydrogens is 252 g/mol. The maximum absolute atomic E-state index is 10.8. The van der Waals surface area contributed by atoms with Crippen molar-refractivity contribution in [3.8, 4) is 0 Å². The van der Waals surface area contributed by atoms with Crippen molar-refractivity contribution in [1.29, 1.82) is 0 Å². The SMILES string of the molecule is CN(CC(=O)O)c1ncnc2ccc([N+](=O)[O-])cc12. The second-order valence-electron chi connectivity index (χ2n) is 3.91. The minimum atomic E-state index is -1.01. The van der Waals surface area contributed by atoms with Crippen LogP contribution < -0.4 is 4.90 Å². The van der Waals surface area contributed by atoms with Crippen molar-refractivity contribution in [2.75, 3.05) is 18.5 Å². The van der Waals surface area contributed by atoms with E-state index in [0.29, 0.717) is 16.7 Å². The van der Waals surface area contributed by atoms with E-state index in [4.69, 9.17) is 5.11 Å². The van der Waals surface area contributed by atoms with Gasteiger partial charge < -0.3 is 10.0 Å². The number of benzene rings is 1. The molecule has 1 N–H and O–H groups in total. The molecule has 98 valence electrons. The highest BCUT2D eigenvalue weighted by Gasteiger charge is 2.14. The van der Waals surface area contributed by atoms with Crippen LogP contribution in [0.4, 0.5) is 11.5 Å². The fourth-order valence-corrected chi connectivity index (χ4v) is 1.73. The van der Waals surface area contributed by atoms with Gasteiger partial charge in [-0.25, -0.2) is 9.97 Å². The van der Waals surface area contributed by atoms with Crippen LogP contribution in [0, 0.1) is 10.1 Å². The lowest BCUT2D eigenvalue weighted by Crippen LogP contribution is -2.26. The van der Waals surface area contributed by atoms with E-state index in [1.807, 2.05) is 0 Å². The number of nitro benzene ring substituents is 1. The molecular formula is C11H10N4O4. The topological polar surface area (TPSA) is 109 Å². The van der Waals surface area contributed by atoms with Crippen LogP contribution in [-0.4, -0.2) is 39.6 Å². The second-order valence-corrected chi connectivity index (χ2v) is 3.91. The number of carboxylic acids is 1. The lowest BCUT2D eigenvalue weighted by atomic mass is 10.2. The highest BCUT2D eigenvalue weighted by molar-refractivity contribution is 5.92. The van der Waals surface area contributed by atoms with E-state index in [1.54, 1.807) is 7.05 Å². The zero-order valence-electron chi connectivity index (χ0n) is 9.98. The normalized spacial score (nSPS) is 10.4. The van der Waals surface area contributed by atoms with Gasteiger partial charge in [0, 0.05) is 24.6 Å². The molecule has 0 aliphatic carbocycles. The molecule has 0 radical (unpaired) electrons. The first-order valence-corrected chi connectivity index (χ1v) is 5.31. The van der Waals surface area contributed by atoms with E-state index < -0.39 is 10.9 Å². The summed E-state index contributed by atoms with van der Waals surface area (Å²) < 4.78 is 0. The number of carbonyl (C=O) groups is 1. The van der Waals surface area contributed by atoms with Crippen LogP contribution in [0.5, 0.6) is 0 Å². The van der Waals surface area contributed by atoms with Crippen LogP contribution in [0.1, 0.15) is 0 Å². The Labute approximate surface area is 107 Å². The molecule has 0 fully saturated rings. The Morgan fingerprint density at radius 2 is 2.21 bits per heavy atom. The summed E-state index contributed by atoms with van der Waals surface area (Å²) in [6.07, 6.45) is 1.29. The van der Waals surface area contributed by atoms with E-state index in [0.717, 1.165) is 0 Å². The molecule has 0 aliphatic heterocycles. The first-order chi connectivity index (χ1) is 8.99. The summed E-state index contributed by atoms with van der Waals surface area (Å²) in [6.45, 7) is -0.255. The number of anilines is 1. The van der Waals surface area contributed by atoms with Crippen LogP contribution in [0.15, 0.2) is 24.5 Å². The van der Waals surface area contributed by atoms with Crippen molar-refractivity contribution in [1.82, 2.24) is 9.97 Å². The standard InChI is InChI=1S/C11H10N4O4/c1-14(5-10(16)17)11-8-4-7(15(18)19)2-3-9(8)12-6-13-11/h2-4,6H,5H2,1H3,(H,16,17). The molecule has 0 unspecified atom stereocenters. The van der Waals surface area contributed by atoms with Gasteiger partial charge in [-0.1, -0.05) is 0 Å². The van der Waals surface area contributed by atoms with Crippen molar-refractivity contribution < 1.29 is 14.8 Å². The average molecular weight is 262 g/mol. The summed E-state index contributed by atoms with van der Waals surface area (Å²) >= 11 is 0. The summed E-state index contributed by atoms with van der Waals surface area (Å²) in [5, 5.41) is 20.0. The van der Waals surface area contributed by atoms with Crippen molar-refractivity contribution >= 4 is 28.4 Å². The molecule has 0 saturated heterocycles. The van der Waals surface area contributed by atoms with Gasteiger partial charge in [-0.2, -0.15) is 0 Å². The van der Waals surface area contributed by atoms with E-state index in [-0.39, 0.29) is 12.2 Å². The van der Waals surface area contributed by atoms with Gasteiger partial charge in [0.1, 0.15) is 18.7 Å². The average Bonchev–Trinajstić information content (AvgIpc) is 2.36. The van der Waals surface area contributed by atoms with Crippen LogP contribution in [0.2, 0.25) is 0 Å². The molecule has 0 spiro atoms. The van der Waals surface area contributed by atoms with E-state index >= 15 is 0 Å². The zero-order chi connectivity index (χ0) is 14.0. The van der Waals surface area contributed by atoms with Crippen molar-refractivity contribution in [2.24, 2.45) is 0 Å². The van der Waals surface area contributed by atoms with Gasteiger partial charge in [-0.3, -0.25) is 14.9 Å². The quantitative estimate of drug-likeness (QED) is 0.647. The molecule has 2 aromatic rings. The van der Waals surface area contributed by atoms with Crippen LogP contribution in [0.25, 0.3) is 10.9 Å². The molecule has 1 aromatic carbocycles. The second kappa shape index (κ2) is 4.84. The number of nitro groups is 1. The first kappa shape index (κ1) is 12.7. The fourth-order valence-electron chi connectivity index (χ4n) is 1.73. The predicted octanol–water partition coefficient (Wildman–Crippen LogP) is 1.06. The smallest absolute Gasteiger partial charge is 0.323 e. The van der Waals surface area contributed by atoms with Gasteiger partial charge in [0.2, 0.25) is 0 Å². The summed E-state index contributed by atoms with van der Waals surface area (Å²) in [7, 11) is 1.55. The predicted molar refractivity (Wildman–Crippen MR) is 67.1 cm³/mol. The minimum Gasteiger partial charge on any atom is -0.480 e. The first-order valence-electron chi connectivity index (χ1n) is 5.31. The van der Waals surface area contributed by atoms with E-state index in [2.05, 4.69) is 9.97 Å². The number of hydrogen-bond acceptors (Lipinski definition) is 6. The largest absolute Gasteiger partial charge is 0.480 e. The third kappa shape index (κ3) is 2.57. The number of likely N-dealkylation sites (N-methyl/N-ethyl adjacent to an activating group) is 1. The molecule has 0 bridgehead atoms. The third-order valence-corrected chi connectivity index (χ3v) is 2.54. The highest BCUT2D eigenvalue weighted by atomic mass is 16.6. The number of hydrogen-bond donors (Lipinski definition) is 1. The summed E-state index contributed by atoms with van der Waals surface area (Å²) in [5.74, 6) is -0.671. The lowest BCUT2D eigenvalue weighted by molar-refractivity contribution is -0.384. The Hall–Kier alpha value is -2.77. The van der Waals surface area contributed by atoms with Crippen LogP contribution in [-0.2, 0) is 4.79 Å². The third-order valence-electron chi connectivity index (χ3n) is 2.54. The zero-order valence-corrected chi connectivity index (χ0v) is 9.98. The van der Waals surface area contributed by atoms with Crippen molar-refractivity contribution in [3.05, 3.63) is 34.6 Å². The number of non-ortho nitro benzene ring substituents is 1. The molecule has 0 atom stereocenters. The highest BCUT2D eigenvalue weighted by Crippen LogP contribution is 2.25. The number of aromatic nitrogens is 2. The van der Waals surface area contributed by atoms with E-state index in [9.17, 15) is 14.9 Å². The summed E-state index contributed by atoms with van der Waals surface area (Å²) in [6, 6.07) is 4.19. The Morgan fingerprint density at radius 1 is 1.47 bits per heavy atom. The number of nitrogens with zero attached hydrogens (tertiary/aromatic N) is 4. The molecule has 19 heavy (non-hydrogen) atoms. The van der Waals surface area contributed by atoms with Crippen molar-refractivity contribution in [3.63, 3.8) is 0 Å². The summed E-state index contributed by atoms with van der Waals surface area (Å²) in [4.78, 5) is 30.3. The maximum atomic E-state index is 10.8. The number of aliphatic carboxylic acids is 1. The molecule has 8 heteroatoms. The fraction of sp³-hybridized carbons (Fsp3) is 0.182. The molecule has 0 saturated carbocycles. The van der Waals surface area contributed by atoms with Crippen LogP contribution >= 0.6 is 0 Å².